The predicted octanol–water partition coefficient (Wildman–Crippen LogP) is 2.34. The Bertz CT molecular complexity index is 490. The summed E-state index contributed by atoms with van der Waals surface area (Å²) in [5.41, 5.74) is -1.11. The molecule has 80 valence electrons. The van der Waals surface area contributed by atoms with Gasteiger partial charge in [0.05, 0.1) is 5.56 Å². The Balaban J connectivity index is 2.70. The Hall–Kier alpha value is -1.56. The second kappa shape index (κ2) is 3.23. The number of hydrogen-bond donors (Lipinski definition) is 1. The molecule has 0 spiro atoms. The molecular formula is C9H6F3NO2. The van der Waals surface area contributed by atoms with Crippen LogP contribution in [0.5, 0.6) is 0 Å². The molecule has 1 aromatic carbocycles. The zero-order valence-electron chi connectivity index (χ0n) is 7.38. The number of halogens is 3. The standard InChI is InChI=1S/C9H6F3NO2/c10-9(11,12)5-2-1-3-6-8(5)13-7(4-14)15-6/h1-3,14H,4H2. The summed E-state index contributed by atoms with van der Waals surface area (Å²) >= 11 is 0. The molecule has 6 heteroatoms. The van der Waals surface area contributed by atoms with Crippen LogP contribution in [0.15, 0.2) is 22.6 Å². The lowest BCUT2D eigenvalue weighted by atomic mass is 10.2. The third-order valence-electron chi connectivity index (χ3n) is 1.90. The van der Waals surface area contributed by atoms with E-state index < -0.39 is 18.3 Å². The average Bonchev–Trinajstić information content (AvgIpc) is 2.57. The van der Waals surface area contributed by atoms with Crippen LogP contribution in [-0.4, -0.2) is 10.1 Å². The van der Waals surface area contributed by atoms with Crippen LogP contribution in [0.1, 0.15) is 11.5 Å². The van der Waals surface area contributed by atoms with E-state index in [1.807, 2.05) is 0 Å². The van der Waals surface area contributed by atoms with Crippen LogP contribution < -0.4 is 0 Å². The molecular weight excluding hydrogens is 211 g/mol. The summed E-state index contributed by atoms with van der Waals surface area (Å²) in [4.78, 5) is 3.56. The minimum atomic E-state index is -4.47. The Labute approximate surface area is 82.1 Å². The van der Waals surface area contributed by atoms with Crippen molar-refractivity contribution < 1.29 is 22.7 Å². The maximum Gasteiger partial charge on any atom is 0.418 e. The van der Waals surface area contributed by atoms with Gasteiger partial charge in [0.1, 0.15) is 12.1 Å². The van der Waals surface area contributed by atoms with E-state index in [0.29, 0.717) is 0 Å². The Morgan fingerprint density at radius 1 is 1.33 bits per heavy atom. The second-order valence-electron chi connectivity index (χ2n) is 2.92. The summed E-state index contributed by atoms with van der Waals surface area (Å²) in [7, 11) is 0. The van der Waals surface area contributed by atoms with Gasteiger partial charge in [0.25, 0.3) is 0 Å². The molecule has 0 saturated carbocycles. The van der Waals surface area contributed by atoms with Gasteiger partial charge in [0, 0.05) is 0 Å². The fraction of sp³-hybridized carbons (Fsp3) is 0.222. The van der Waals surface area contributed by atoms with Crippen molar-refractivity contribution in [2.75, 3.05) is 0 Å². The minimum Gasteiger partial charge on any atom is -0.438 e. The lowest BCUT2D eigenvalue weighted by molar-refractivity contribution is -0.136. The molecule has 0 fully saturated rings. The minimum absolute atomic E-state index is 0.0221. The third-order valence-corrected chi connectivity index (χ3v) is 1.90. The number of aliphatic hydroxyl groups is 1. The third kappa shape index (κ3) is 1.68. The zero-order chi connectivity index (χ0) is 11.1. The summed E-state index contributed by atoms with van der Waals surface area (Å²) in [6.07, 6.45) is -4.47. The summed E-state index contributed by atoms with van der Waals surface area (Å²) in [5.74, 6) is -0.123. The molecule has 0 aliphatic heterocycles. The van der Waals surface area contributed by atoms with Crippen molar-refractivity contribution in [1.29, 1.82) is 0 Å². The van der Waals surface area contributed by atoms with E-state index in [1.165, 1.54) is 12.1 Å². The molecule has 2 rings (SSSR count). The van der Waals surface area contributed by atoms with Crippen molar-refractivity contribution in [3.8, 4) is 0 Å². The van der Waals surface area contributed by atoms with Crippen molar-refractivity contribution in [3.63, 3.8) is 0 Å². The lowest BCUT2D eigenvalue weighted by Crippen LogP contribution is -2.05. The monoisotopic (exact) mass is 217 g/mol. The number of hydrogen-bond acceptors (Lipinski definition) is 3. The average molecular weight is 217 g/mol. The van der Waals surface area contributed by atoms with Gasteiger partial charge >= 0.3 is 6.18 Å². The van der Waals surface area contributed by atoms with Crippen molar-refractivity contribution in [3.05, 3.63) is 29.7 Å². The topological polar surface area (TPSA) is 46.3 Å². The molecule has 15 heavy (non-hydrogen) atoms. The maximum atomic E-state index is 12.5. The van der Waals surface area contributed by atoms with Gasteiger partial charge < -0.3 is 9.52 Å². The number of nitrogens with zero attached hydrogens (tertiary/aromatic N) is 1. The van der Waals surface area contributed by atoms with Crippen LogP contribution in [0.4, 0.5) is 13.2 Å². The van der Waals surface area contributed by atoms with Crippen LogP contribution in [0, 0.1) is 0 Å². The summed E-state index contributed by atoms with van der Waals surface area (Å²) in [6.45, 7) is -0.522. The molecule has 3 nitrogen and oxygen atoms in total. The number of benzene rings is 1. The van der Waals surface area contributed by atoms with E-state index in [9.17, 15) is 13.2 Å². The quantitative estimate of drug-likeness (QED) is 0.797. The van der Waals surface area contributed by atoms with Gasteiger partial charge in [-0.3, -0.25) is 0 Å². The molecule has 1 heterocycles. The van der Waals surface area contributed by atoms with Crippen molar-refractivity contribution >= 4 is 11.1 Å². The highest BCUT2D eigenvalue weighted by molar-refractivity contribution is 5.77. The molecule has 1 aromatic heterocycles. The normalized spacial score (nSPS) is 12.3. The highest BCUT2D eigenvalue weighted by Gasteiger charge is 2.34. The lowest BCUT2D eigenvalue weighted by Gasteiger charge is -2.05. The molecule has 0 saturated heterocycles. The number of para-hydroxylation sites is 1. The Morgan fingerprint density at radius 2 is 2.07 bits per heavy atom. The van der Waals surface area contributed by atoms with Gasteiger partial charge in [-0.25, -0.2) is 4.98 Å². The van der Waals surface area contributed by atoms with E-state index >= 15 is 0 Å². The van der Waals surface area contributed by atoms with Crippen LogP contribution >= 0.6 is 0 Å². The first kappa shape index (κ1) is 9.97. The summed E-state index contributed by atoms with van der Waals surface area (Å²) < 4.78 is 42.4. The molecule has 0 aliphatic carbocycles. The smallest absolute Gasteiger partial charge is 0.418 e. The Morgan fingerprint density at radius 3 is 2.67 bits per heavy atom. The van der Waals surface area contributed by atoms with E-state index in [2.05, 4.69) is 4.98 Å². The summed E-state index contributed by atoms with van der Waals surface area (Å²) in [5, 5.41) is 8.69. The first-order chi connectivity index (χ1) is 7.02. The fourth-order valence-corrected chi connectivity index (χ4v) is 1.29. The maximum absolute atomic E-state index is 12.5. The number of aromatic nitrogens is 1. The van der Waals surface area contributed by atoms with Gasteiger partial charge in [-0.2, -0.15) is 13.2 Å². The number of aliphatic hydroxyl groups excluding tert-OH is 1. The number of alkyl halides is 3. The van der Waals surface area contributed by atoms with E-state index in [0.717, 1.165) is 6.07 Å². The highest BCUT2D eigenvalue weighted by atomic mass is 19.4. The SMILES string of the molecule is OCc1nc2c(C(F)(F)F)cccc2o1. The second-order valence-corrected chi connectivity index (χ2v) is 2.92. The molecule has 2 aromatic rings. The van der Waals surface area contributed by atoms with Crippen molar-refractivity contribution in [2.24, 2.45) is 0 Å². The molecule has 0 aliphatic rings. The fourth-order valence-electron chi connectivity index (χ4n) is 1.29. The number of oxazole rings is 1. The zero-order valence-corrected chi connectivity index (χ0v) is 7.38. The van der Waals surface area contributed by atoms with Gasteiger partial charge in [0.15, 0.2) is 5.58 Å². The molecule has 0 atom stereocenters. The highest BCUT2D eigenvalue weighted by Crippen LogP contribution is 2.34. The molecule has 0 radical (unpaired) electrons. The van der Waals surface area contributed by atoms with Crippen LogP contribution in [0.2, 0.25) is 0 Å². The van der Waals surface area contributed by atoms with Crippen LogP contribution in [0.3, 0.4) is 0 Å². The number of rotatable bonds is 1. The van der Waals surface area contributed by atoms with E-state index in [-0.39, 0.29) is 17.0 Å². The molecule has 1 N–H and O–H groups in total. The predicted molar refractivity (Wildman–Crippen MR) is 44.9 cm³/mol. The van der Waals surface area contributed by atoms with Gasteiger partial charge in [-0.05, 0) is 12.1 Å². The molecule has 0 unspecified atom stereocenters. The first-order valence-corrected chi connectivity index (χ1v) is 4.09. The van der Waals surface area contributed by atoms with Crippen molar-refractivity contribution in [2.45, 2.75) is 12.8 Å². The van der Waals surface area contributed by atoms with Gasteiger partial charge in [-0.15, -0.1) is 0 Å². The van der Waals surface area contributed by atoms with Crippen molar-refractivity contribution in [1.82, 2.24) is 4.98 Å². The van der Waals surface area contributed by atoms with E-state index in [4.69, 9.17) is 9.52 Å². The van der Waals surface area contributed by atoms with Crippen LogP contribution in [-0.2, 0) is 12.8 Å². The summed E-state index contributed by atoms with van der Waals surface area (Å²) in [6, 6.07) is 3.53. The van der Waals surface area contributed by atoms with Gasteiger partial charge in [0.2, 0.25) is 5.89 Å². The molecule has 0 bridgehead atoms. The number of fused-ring (bicyclic) bond motifs is 1. The first-order valence-electron chi connectivity index (χ1n) is 4.09. The van der Waals surface area contributed by atoms with E-state index in [1.54, 1.807) is 0 Å². The Kier molecular flexibility index (Phi) is 2.15. The largest absolute Gasteiger partial charge is 0.438 e. The van der Waals surface area contributed by atoms with Gasteiger partial charge in [-0.1, -0.05) is 6.07 Å². The van der Waals surface area contributed by atoms with Crippen LogP contribution in [0.25, 0.3) is 11.1 Å². The molecule has 0 amide bonds.